The van der Waals surface area contributed by atoms with Gasteiger partial charge in [-0.05, 0) is 66.0 Å². The number of aliphatic hydroxyl groups is 1. The molecule has 1 aromatic heterocycles. The quantitative estimate of drug-likeness (QED) is 0.150. The third-order valence-electron chi connectivity index (χ3n) is 9.92. The highest BCUT2D eigenvalue weighted by Crippen LogP contribution is 2.45. The second kappa shape index (κ2) is 14.1. The van der Waals surface area contributed by atoms with Gasteiger partial charge in [0.2, 0.25) is 0 Å². The van der Waals surface area contributed by atoms with Gasteiger partial charge in [-0.25, -0.2) is 4.79 Å². The Bertz CT molecular complexity index is 1780. The van der Waals surface area contributed by atoms with Crippen molar-refractivity contribution in [1.29, 1.82) is 0 Å². The van der Waals surface area contributed by atoms with Gasteiger partial charge in [-0.15, -0.1) is 0 Å². The van der Waals surface area contributed by atoms with Crippen LogP contribution in [0.25, 0.3) is 0 Å². The molecule has 49 heavy (non-hydrogen) atoms. The van der Waals surface area contributed by atoms with E-state index in [1.807, 2.05) is 78.9 Å². The van der Waals surface area contributed by atoms with Crippen molar-refractivity contribution >= 4 is 8.32 Å². The maximum Gasteiger partial charge on any atom is 0.328 e. The van der Waals surface area contributed by atoms with Crippen molar-refractivity contribution in [3.8, 4) is 11.5 Å². The molecule has 3 aromatic carbocycles. The fourth-order valence-corrected chi connectivity index (χ4v) is 7.33. The van der Waals surface area contributed by atoms with Gasteiger partial charge in [0.15, 0.2) is 8.32 Å². The van der Waals surface area contributed by atoms with Crippen LogP contribution in [-0.4, -0.2) is 68.2 Å². The predicted octanol–water partition coefficient (Wildman–Crippen LogP) is 5.39. The van der Waals surface area contributed by atoms with Crippen LogP contribution in [0.2, 0.25) is 18.1 Å². The highest BCUT2D eigenvalue weighted by Gasteiger charge is 2.55. The van der Waals surface area contributed by atoms with Gasteiger partial charge >= 0.3 is 5.69 Å². The number of aryl methyl sites for hydroxylation is 1. The van der Waals surface area contributed by atoms with Gasteiger partial charge < -0.3 is 28.5 Å². The van der Waals surface area contributed by atoms with Gasteiger partial charge in [0.25, 0.3) is 5.56 Å². The molecule has 262 valence electrons. The van der Waals surface area contributed by atoms with Gasteiger partial charge in [0.1, 0.15) is 34.9 Å². The summed E-state index contributed by atoms with van der Waals surface area (Å²) < 4.78 is 32.7. The number of rotatable bonds is 12. The molecular formula is C38H48N2O8Si. The Balaban J connectivity index is 1.61. The van der Waals surface area contributed by atoms with Crippen molar-refractivity contribution < 1.29 is 28.5 Å². The van der Waals surface area contributed by atoms with Crippen molar-refractivity contribution in [1.82, 2.24) is 9.55 Å². The van der Waals surface area contributed by atoms with E-state index >= 15 is 0 Å². The summed E-state index contributed by atoms with van der Waals surface area (Å²) in [4.78, 5) is 27.3. The molecule has 2 N–H and O–H groups in total. The molecule has 4 aromatic rings. The number of hydrogen-bond donors (Lipinski definition) is 2. The third kappa shape index (κ3) is 7.31. The van der Waals surface area contributed by atoms with Crippen molar-refractivity contribution in [2.24, 2.45) is 0 Å². The SMILES string of the molecule is COc1ccc(C(OC[C@]2(O)CO[C@@H](Cn3cc(C)c(=O)[nH]c3=O)[C@@H]2O[Si](C)(C)C(C)(C)C)(c2ccccc2)c2ccc(OC)cc2)cc1. The summed E-state index contributed by atoms with van der Waals surface area (Å²) in [6.07, 6.45) is -0.0539. The number of ether oxygens (including phenoxy) is 4. The monoisotopic (exact) mass is 688 g/mol. The lowest BCUT2D eigenvalue weighted by Crippen LogP contribution is -2.57. The van der Waals surface area contributed by atoms with Crippen LogP contribution in [0.1, 0.15) is 43.0 Å². The average molecular weight is 689 g/mol. The van der Waals surface area contributed by atoms with Gasteiger partial charge in [0.05, 0.1) is 34.0 Å². The molecule has 0 amide bonds. The van der Waals surface area contributed by atoms with E-state index in [2.05, 4.69) is 38.8 Å². The number of nitrogens with zero attached hydrogens (tertiary/aromatic N) is 1. The molecule has 1 fully saturated rings. The Hall–Kier alpha value is -4.00. The molecule has 0 bridgehead atoms. The minimum Gasteiger partial charge on any atom is -0.497 e. The predicted molar refractivity (Wildman–Crippen MR) is 191 cm³/mol. The molecule has 3 atom stereocenters. The Morgan fingerprint density at radius 2 is 1.43 bits per heavy atom. The van der Waals surface area contributed by atoms with E-state index in [0.29, 0.717) is 17.1 Å². The zero-order valence-corrected chi connectivity index (χ0v) is 30.6. The Labute approximate surface area is 288 Å². The Kier molecular flexibility index (Phi) is 10.4. The maximum absolute atomic E-state index is 12.8. The van der Waals surface area contributed by atoms with Crippen LogP contribution in [0.3, 0.4) is 0 Å². The molecule has 5 rings (SSSR count). The second-order valence-corrected chi connectivity index (χ2v) is 19.0. The summed E-state index contributed by atoms with van der Waals surface area (Å²) in [5, 5.41) is 12.4. The van der Waals surface area contributed by atoms with E-state index in [1.54, 1.807) is 21.1 Å². The van der Waals surface area contributed by atoms with Gasteiger partial charge in [0, 0.05) is 11.8 Å². The summed E-state index contributed by atoms with van der Waals surface area (Å²) >= 11 is 0. The minimum absolute atomic E-state index is 0.0683. The lowest BCUT2D eigenvalue weighted by Gasteiger charge is -2.44. The summed E-state index contributed by atoms with van der Waals surface area (Å²) in [6, 6.07) is 25.2. The van der Waals surface area contributed by atoms with Crippen LogP contribution in [-0.2, 0) is 26.0 Å². The third-order valence-corrected chi connectivity index (χ3v) is 14.4. The molecule has 0 spiro atoms. The highest BCUT2D eigenvalue weighted by atomic mass is 28.4. The molecule has 0 radical (unpaired) electrons. The number of benzene rings is 3. The van der Waals surface area contributed by atoms with E-state index in [-0.39, 0.29) is 24.8 Å². The van der Waals surface area contributed by atoms with Gasteiger partial charge in [-0.1, -0.05) is 75.4 Å². The van der Waals surface area contributed by atoms with Crippen LogP contribution in [0.15, 0.2) is 94.6 Å². The van der Waals surface area contributed by atoms with Crippen LogP contribution in [0.4, 0.5) is 0 Å². The lowest BCUT2D eigenvalue weighted by molar-refractivity contribution is -0.125. The first kappa shape index (κ1) is 36.3. The first-order chi connectivity index (χ1) is 23.1. The first-order valence-corrected chi connectivity index (χ1v) is 19.3. The van der Waals surface area contributed by atoms with Crippen LogP contribution in [0.5, 0.6) is 11.5 Å². The van der Waals surface area contributed by atoms with Gasteiger partial charge in [-0.2, -0.15) is 0 Å². The molecule has 0 saturated carbocycles. The summed E-state index contributed by atoms with van der Waals surface area (Å²) in [6.45, 7) is 12.1. The van der Waals surface area contributed by atoms with Crippen LogP contribution >= 0.6 is 0 Å². The van der Waals surface area contributed by atoms with Crippen molar-refractivity contribution in [2.45, 2.75) is 75.8 Å². The van der Waals surface area contributed by atoms with Crippen LogP contribution in [0, 0.1) is 6.92 Å². The molecule has 2 heterocycles. The molecular weight excluding hydrogens is 641 g/mol. The lowest BCUT2D eigenvalue weighted by atomic mass is 9.79. The zero-order valence-electron chi connectivity index (χ0n) is 29.6. The summed E-state index contributed by atoms with van der Waals surface area (Å²) in [5.74, 6) is 1.39. The standard InChI is InChI=1S/C38H48N2O8Si/c1-26-22-40(35(42)39-34(26)41)23-32-33(48-49(7,8)36(2,3)4)37(43,24-46-32)25-47-38(27-12-10-9-11-13-27,28-14-18-30(44-5)19-15-28)29-16-20-31(45-6)21-17-29/h9-22,32-33,43H,23-25H2,1-8H3,(H,39,41,42)/t32-,33-,37+/m0/s1. The minimum atomic E-state index is -2.51. The Morgan fingerprint density at radius 3 is 1.94 bits per heavy atom. The number of nitrogens with one attached hydrogen (secondary N) is 1. The van der Waals surface area contributed by atoms with E-state index < -0.39 is 43.0 Å². The fourth-order valence-electron chi connectivity index (χ4n) is 5.97. The fraction of sp³-hybridized carbons (Fsp3) is 0.421. The molecule has 1 aliphatic heterocycles. The van der Waals surface area contributed by atoms with Crippen molar-refractivity contribution in [3.05, 3.63) is 128 Å². The summed E-state index contributed by atoms with van der Waals surface area (Å²) in [7, 11) is 0.735. The number of aromatic nitrogens is 2. The molecule has 1 saturated heterocycles. The highest BCUT2D eigenvalue weighted by molar-refractivity contribution is 6.74. The zero-order chi connectivity index (χ0) is 35.6. The van der Waals surface area contributed by atoms with Crippen molar-refractivity contribution in [2.75, 3.05) is 27.4 Å². The number of aromatic amines is 1. The van der Waals surface area contributed by atoms with Crippen LogP contribution < -0.4 is 20.7 Å². The summed E-state index contributed by atoms with van der Waals surface area (Å²) in [5.41, 5.74) is -0.906. The Morgan fingerprint density at radius 1 is 0.898 bits per heavy atom. The number of methoxy groups -OCH3 is 2. The normalized spacial score (nSPS) is 19.9. The van der Waals surface area contributed by atoms with E-state index in [9.17, 15) is 14.7 Å². The van der Waals surface area contributed by atoms with E-state index in [1.165, 1.54) is 10.8 Å². The largest absolute Gasteiger partial charge is 0.497 e. The molecule has 0 aliphatic carbocycles. The number of H-pyrrole nitrogens is 1. The molecule has 10 nitrogen and oxygen atoms in total. The maximum atomic E-state index is 12.8. The van der Waals surface area contributed by atoms with Crippen molar-refractivity contribution in [3.63, 3.8) is 0 Å². The topological polar surface area (TPSA) is 121 Å². The average Bonchev–Trinajstić information content (AvgIpc) is 3.38. The smallest absolute Gasteiger partial charge is 0.328 e. The first-order valence-electron chi connectivity index (χ1n) is 16.4. The number of hydrogen-bond acceptors (Lipinski definition) is 8. The van der Waals surface area contributed by atoms with E-state index in [0.717, 1.165) is 16.7 Å². The molecule has 11 heteroatoms. The van der Waals surface area contributed by atoms with E-state index in [4.69, 9.17) is 23.4 Å². The van der Waals surface area contributed by atoms with Gasteiger partial charge in [-0.3, -0.25) is 14.3 Å². The second-order valence-electron chi connectivity index (χ2n) is 14.3. The molecule has 0 unspecified atom stereocenters. The molecule has 1 aliphatic rings.